The molecule has 13 heteroatoms. The summed E-state index contributed by atoms with van der Waals surface area (Å²) < 4.78 is 21.6. The average Bonchev–Trinajstić information content (AvgIpc) is 3.24. The second-order valence-electron chi connectivity index (χ2n) is 18.3. The van der Waals surface area contributed by atoms with Crippen molar-refractivity contribution in [2.24, 2.45) is 23.7 Å². The molecule has 372 valence electrons. The van der Waals surface area contributed by atoms with Crippen LogP contribution in [-0.4, -0.2) is 142 Å². The van der Waals surface area contributed by atoms with Crippen LogP contribution in [0.25, 0.3) is 0 Å². The molecule has 66 heavy (non-hydrogen) atoms. The van der Waals surface area contributed by atoms with Crippen molar-refractivity contribution in [2.75, 3.05) is 26.4 Å². The first-order chi connectivity index (χ1) is 30.6. The Kier molecular flexibility index (Phi) is 47.2. The molecule has 0 saturated carbocycles. The van der Waals surface area contributed by atoms with Crippen molar-refractivity contribution in [3.8, 4) is 0 Å². The minimum atomic E-state index is -1.83. The molecular formula is C53H90Ca2O11. The zero-order chi connectivity index (χ0) is 48.0. The van der Waals surface area contributed by atoms with E-state index < -0.39 is 30.0 Å². The predicted octanol–water partition coefficient (Wildman–Crippen LogP) is 12.8. The average molecular weight is 983 g/mol. The monoisotopic (exact) mass is 983 g/mol. The van der Waals surface area contributed by atoms with E-state index in [1.54, 1.807) is 48.5 Å². The Morgan fingerprint density at radius 3 is 0.682 bits per heavy atom. The summed E-state index contributed by atoms with van der Waals surface area (Å²) in [6.07, 6.45) is 20.3. The number of carbonyl (C=O) groups excluding carboxylic acids is 4. The summed E-state index contributed by atoms with van der Waals surface area (Å²) in [4.78, 5) is 58.2. The summed E-state index contributed by atoms with van der Waals surface area (Å²) >= 11 is 0. The molecular weight excluding hydrogens is 893 g/mol. The number of carbonyl (C=O) groups is 5. The van der Waals surface area contributed by atoms with E-state index in [0.29, 0.717) is 48.7 Å². The molecule has 0 heterocycles. The number of hydrogen-bond acceptors (Lipinski definition) is 9. The summed E-state index contributed by atoms with van der Waals surface area (Å²) in [5.41, 5.74) is 1.16. The van der Waals surface area contributed by atoms with Crippen LogP contribution >= 0.6 is 0 Å². The number of carboxylic acid groups (broad SMARTS) is 2. The zero-order valence-corrected chi connectivity index (χ0v) is 41.0. The molecule has 2 aromatic rings. The summed E-state index contributed by atoms with van der Waals surface area (Å²) in [6, 6.07) is 13.5. The molecule has 0 aliphatic carbocycles. The topological polar surface area (TPSA) is 163 Å². The number of esters is 4. The molecule has 0 unspecified atom stereocenters. The van der Waals surface area contributed by atoms with Gasteiger partial charge in [0, 0.05) is 0 Å². The van der Waals surface area contributed by atoms with E-state index in [1.807, 2.05) is 0 Å². The van der Waals surface area contributed by atoms with E-state index in [2.05, 4.69) is 55.4 Å². The molecule has 0 bridgehead atoms. The molecule has 0 spiro atoms. The van der Waals surface area contributed by atoms with Gasteiger partial charge in [0.05, 0.1) is 48.7 Å². The van der Waals surface area contributed by atoms with Gasteiger partial charge in [-0.2, -0.15) is 0 Å². The van der Waals surface area contributed by atoms with Crippen LogP contribution in [0.5, 0.6) is 0 Å². The standard InChI is InChI=1S/2C26H42O4.CH2O3.2Ca.4H/c2*1-21(2)15-9-5-7-13-19-29-25(27)23-17-11-12-18-24(23)26(28)30-20-14-8-6-10-16-22(3)4;2-1(3)4;;;;;;/h2*11-12,17-18,21-22H,5-10,13-16,19-20H2,1-4H3;(H2,2,3,4);;;;;;. The molecule has 0 radical (unpaired) electrons. The summed E-state index contributed by atoms with van der Waals surface area (Å²) in [6.45, 7) is 19.4. The second kappa shape index (κ2) is 45.5. The predicted molar refractivity (Wildman–Crippen MR) is 273 cm³/mol. The Labute approximate surface area is 459 Å². The Morgan fingerprint density at radius 2 is 0.515 bits per heavy atom. The Hall–Kier alpha value is -1.89. The third-order valence-electron chi connectivity index (χ3n) is 10.4. The summed E-state index contributed by atoms with van der Waals surface area (Å²) in [7, 11) is 0. The van der Waals surface area contributed by atoms with Gasteiger partial charge < -0.3 is 29.2 Å². The van der Waals surface area contributed by atoms with E-state index in [4.69, 9.17) is 34.0 Å². The van der Waals surface area contributed by atoms with Crippen molar-refractivity contribution in [3.05, 3.63) is 70.8 Å². The third kappa shape index (κ3) is 40.0. The maximum atomic E-state index is 12.4. The van der Waals surface area contributed by atoms with Gasteiger partial charge in [-0.25, -0.2) is 24.0 Å². The van der Waals surface area contributed by atoms with Gasteiger partial charge in [-0.1, -0.05) is 182 Å². The second-order valence-corrected chi connectivity index (χ2v) is 18.3. The van der Waals surface area contributed by atoms with Crippen LogP contribution in [0.1, 0.15) is 225 Å². The van der Waals surface area contributed by atoms with E-state index in [9.17, 15) is 19.2 Å². The van der Waals surface area contributed by atoms with E-state index in [0.717, 1.165) is 101 Å². The van der Waals surface area contributed by atoms with Gasteiger partial charge >= 0.3 is 106 Å². The molecule has 0 aliphatic heterocycles. The minimum absolute atomic E-state index is 0. The molecule has 2 rings (SSSR count). The molecule has 0 aliphatic rings. The van der Waals surface area contributed by atoms with E-state index >= 15 is 0 Å². The van der Waals surface area contributed by atoms with Gasteiger partial charge in [0.1, 0.15) is 0 Å². The fraction of sp³-hybridized carbons (Fsp3) is 0.679. The molecule has 0 amide bonds. The van der Waals surface area contributed by atoms with Gasteiger partial charge in [-0.15, -0.1) is 0 Å². The van der Waals surface area contributed by atoms with Crippen LogP contribution in [0.2, 0.25) is 0 Å². The van der Waals surface area contributed by atoms with Crippen LogP contribution in [0.15, 0.2) is 48.5 Å². The van der Waals surface area contributed by atoms with Crippen molar-refractivity contribution in [2.45, 2.75) is 184 Å². The summed E-state index contributed by atoms with van der Waals surface area (Å²) in [5.74, 6) is 1.18. The van der Waals surface area contributed by atoms with E-state index in [1.165, 1.54) is 51.4 Å². The quantitative estimate of drug-likeness (QED) is 0.0310. The number of rotatable bonds is 32. The first kappa shape index (κ1) is 68.4. The zero-order valence-electron chi connectivity index (χ0n) is 41.0. The summed E-state index contributed by atoms with van der Waals surface area (Å²) in [5, 5.41) is 13.9. The number of benzene rings is 2. The van der Waals surface area contributed by atoms with Crippen LogP contribution in [0.3, 0.4) is 0 Å². The maximum absolute atomic E-state index is 12.4. The van der Waals surface area contributed by atoms with Crippen molar-refractivity contribution in [1.82, 2.24) is 0 Å². The molecule has 2 N–H and O–H groups in total. The van der Waals surface area contributed by atoms with Crippen LogP contribution in [0, 0.1) is 23.7 Å². The molecule has 0 saturated heterocycles. The Balaban J connectivity index is -0.00000108. The van der Waals surface area contributed by atoms with Crippen molar-refractivity contribution in [3.63, 3.8) is 0 Å². The number of hydrogen-bond donors (Lipinski definition) is 2. The number of ether oxygens (including phenoxy) is 4. The van der Waals surface area contributed by atoms with Crippen LogP contribution < -0.4 is 0 Å². The normalized spacial score (nSPS) is 10.5. The molecule has 2 aromatic carbocycles. The van der Waals surface area contributed by atoms with Crippen molar-refractivity contribution in [1.29, 1.82) is 0 Å². The van der Waals surface area contributed by atoms with E-state index in [-0.39, 0.29) is 75.5 Å². The molecule has 0 fully saturated rings. The fourth-order valence-corrected chi connectivity index (χ4v) is 6.68. The Morgan fingerprint density at radius 1 is 0.348 bits per heavy atom. The molecule has 0 aromatic heterocycles. The molecule has 11 nitrogen and oxygen atoms in total. The van der Waals surface area contributed by atoms with Gasteiger partial charge in [0.15, 0.2) is 0 Å². The van der Waals surface area contributed by atoms with Gasteiger partial charge in [0.2, 0.25) is 0 Å². The van der Waals surface area contributed by atoms with Crippen molar-refractivity contribution < 1.29 is 53.1 Å². The SMILES string of the molecule is CC(C)CCCCCCOC(=O)c1ccccc1C(=O)OCCCCCCC(C)C.CC(C)CCCCCCOC(=O)c1ccccc1C(=O)OCCCCCCC(C)C.O=C(O)O.[CaH2].[CaH2]. The van der Waals surface area contributed by atoms with Crippen LogP contribution in [-0.2, 0) is 18.9 Å². The first-order valence-corrected chi connectivity index (χ1v) is 24.3. The Bertz CT molecular complexity index is 1330. The van der Waals surface area contributed by atoms with Crippen molar-refractivity contribution >= 4 is 106 Å². The molecule has 0 atom stereocenters. The van der Waals surface area contributed by atoms with Gasteiger partial charge in [-0.05, 0) is 73.6 Å². The van der Waals surface area contributed by atoms with Crippen LogP contribution in [0.4, 0.5) is 4.79 Å². The first-order valence-electron chi connectivity index (χ1n) is 24.3. The third-order valence-corrected chi connectivity index (χ3v) is 10.4. The van der Waals surface area contributed by atoms with Gasteiger partial charge in [-0.3, -0.25) is 0 Å². The fourth-order valence-electron chi connectivity index (χ4n) is 6.68. The number of unbranched alkanes of at least 4 members (excludes halogenated alkanes) is 12. The van der Waals surface area contributed by atoms with Gasteiger partial charge in [0.25, 0.3) is 0 Å².